The number of amides is 1. The van der Waals surface area contributed by atoms with Gasteiger partial charge in [0.2, 0.25) is 5.91 Å². The van der Waals surface area contributed by atoms with Crippen LogP contribution in [-0.2, 0) is 10.5 Å². The van der Waals surface area contributed by atoms with Gasteiger partial charge in [-0.3, -0.25) is 4.79 Å². The molecule has 26 heavy (non-hydrogen) atoms. The number of benzene rings is 2. The Morgan fingerprint density at radius 1 is 1.19 bits per heavy atom. The lowest BCUT2D eigenvalue weighted by molar-refractivity contribution is -0.118. The van der Waals surface area contributed by atoms with Gasteiger partial charge in [-0.2, -0.15) is 5.10 Å². The molecule has 0 bridgehead atoms. The lowest BCUT2D eigenvalue weighted by Crippen LogP contribution is -2.20. The predicted octanol–water partition coefficient (Wildman–Crippen LogP) is 3.46. The van der Waals surface area contributed by atoms with Crippen molar-refractivity contribution in [1.29, 1.82) is 0 Å². The molecule has 0 saturated carbocycles. The van der Waals surface area contributed by atoms with E-state index in [2.05, 4.69) is 42.6 Å². The highest BCUT2D eigenvalue weighted by atomic mass is 32.2. The lowest BCUT2D eigenvalue weighted by Gasteiger charge is -2.19. The van der Waals surface area contributed by atoms with E-state index < -0.39 is 0 Å². The summed E-state index contributed by atoms with van der Waals surface area (Å²) in [5.74, 6) is 2.41. The minimum Gasteiger partial charge on any atom is -0.486 e. The summed E-state index contributed by atoms with van der Waals surface area (Å²) in [6, 6.07) is 12.0. The Balaban J connectivity index is 1.48. The first kappa shape index (κ1) is 18.3. The molecule has 0 aromatic heterocycles. The molecular weight excluding hydrogens is 348 g/mol. The zero-order chi connectivity index (χ0) is 18.4. The van der Waals surface area contributed by atoms with Crippen LogP contribution < -0.4 is 14.9 Å². The number of carbonyl (C=O) groups excluding carboxylic acids is 1. The number of nitrogens with zero attached hydrogens (tertiary/aromatic N) is 1. The second kappa shape index (κ2) is 8.76. The van der Waals surface area contributed by atoms with Gasteiger partial charge in [-0.05, 0) is 31.5 Å². The van der Waals surface area contributed by atoms with Crippen LogP contribution in [0.5, 0.6) is 11.5 Å². The quantitative estimate of drug-likeness (QED) is 0.625. The minimum absolute atomic E-state index is 0.127. The molecule has 6 heteroatoms. The first-order valence-electron chi connectivity index (χ1n) is 8.47. The molecule has 5 nitrogen and oxygen atoms in total. The average molecular weight is 370 g/mol. The van der Waals surface area contributed by atoms with E-state index in [-0.39, 0.29) is 5.91 Å². The number of hydrogen-bond donors (Lipinski definition) is 1. The normalized spacial score (nSPS) is 13.0. The Kier molecular flexibility index (Phi) is 6.17. The molecule has 1 aliphatic rings. The van der Waals surface area contributed by atoms with Gasteiger partial charge in [-0.1, -0.05) is 35.4 Å². The van der Waals surface area contributed by atoms with Crippen LogP contribution >= 0.6 is 11.8 Å². The number of hydrogen-bond acceptors (Lipinski definition) is 5. The van der Waals surface area contributed by atoms with E-state index in [0.717, 1.165) is 11.3 Å². The smallest absolute Gasteiger partial charge is 0.250 e. The van der Waals surface area contributed by atoms with Crippen molar-refractivity contribution in [1.82, 2.24) is 5.43 Å². The summed E-state index contributed by atoms with van der Waals surface area (Å²) in [6.45, 7) is 5.22. The molecular formula is C20H22N2O3S. The van der Waals surface area contributed by atoms with Gasteiger partial charge in [0.05, 0.1) is 12.0 Å². The third-order valence-corrected chi connectivity index (χ3v) is 4.78. The third kappa shape index (κ3) is 5.02. The van der Waals surface area contributed by atoms with Crippen LogP contribution in [0.3, 0.4) is 0 Å². The highest BCUT2D eigenvalue weighted by Gasteiger charge is 2.14. The van der Waals surface area contributed by atoms with Crippen LogP contribution in [0.15, 0.2) is 41.5 Å². The minimum atomic E-state index is -0.127. The number of hydrazone groups is 1. The summed E-state index contributed by atoms with van der Waals surface area (Å²) in [5.41, 5.74) is 7.06. The Morgan fingerprint density at radius 3 is 2.77 bits per heavy atom. The van der Waals surface area contributed by atoms with Crippen molar-refractivity contribution in [3.63, 3.8) is 0 Å². The van der Waals surface area contributed by atoms with Gasteiger partial charge in [-0.15, -0.1) is 11.8 Å². The number of aryl methyl sites for hydroxylation is 2. The summed E-state index contributed by atoms with van der Waals surface area (Å²) in [6.07, 6.45) is 1.58. The van der Waals surface area contributed by atoms with Crippen LogP contribution in [0.4, 0.5) is 0 Å². The average Bonchev–Trinajstić information content (AvgIpc) is 2.61. The number of ether oxygens (including phenoxy) is 2. The fourth-order valence-corrected chi connectivity index (χ4v) is 3.57. The van der Waals surface area contributed by atoms with Crippen molar-refractivity contribution in [2.24, 2.45) is 5.10 Å². The molecule has 0 unspecified atom stereocenters. The van der Waals surface area contributed by atoms with E-state index >= 15 is 0 Å². The molecule has 2 aromatic carbocycles. The molecule has 0 aliphatic carbocycles. The highest BCUT2D eigenvalue weighted by Crippen LogP contribution is 2.32. The van der Waals surface area contributed by atoms with Crippen LogP contribution in [-0.4, -0.2) is 31.1 Å². The molecule has 0 spiro atoms. The summed E-state index contributed by atoms with van der Waals surface area (Å²) < 4.78 is 11.1. The maximum Gasteiger partial charge on any atom is 0.250 e. The van der Waals surface area contributed by atoms with Crippen LogP contribution in [0.1, 0.15) is 22.3 Å². The number of fused-ring (bicyclic) bond motifs is 1. The van der Waals surface area contributed by atoms with Crippen molar-refractivity contribution in [3.8, 4) is 11.5 Å². The molecule has 1 amide bonds. The van der Waals surface area contributed by atoms with Crippen LogP contribution in [0.25, 0.3) is 0 Å². The van der Waals surface area contributed by atoms with Gasteiger partial charge in [0.1, 0.15) is 13.2 Å². The molecule has 136 valence electrons. The fourth-order valence-electron chi connectivity index (χ4n) is 2.82. The summed E-state index contributed by atoms with van der Waals surface area (Å²) >= 11 is 1.57. The van der Waals surface area contributed by atoms with Crippen molar-refractivity contribution >= 4 is 23.9 Å². The maximum absolute atomic E-state index is 11.9. The number of nitrogens with one attached hydrogen (secondary N) is 1. The van der Waals surface area contributed by atoms with Crippen molar-refractivity contribution in [2.45, 2.75) is 19.6 Å². The maximum atomic E-state index is 11.9. The second-order valence-corrected chi connectivity index (χ2v) is 7.14. The van der Waals surface area contributed by atoms with E-state index in [9.17, 15) is 4.79 Å². The highest BCUT2D eigenvalue weighted by molar-refractivity contribution is 7.99. The van der Waals surface area contributed by atoms with Gasteiger partial charge in [0, 0.05) is 11.3 Å². The fraction of sp³-hybridized carbons (Fsp3) is 0.300. The Morgan fingerprint density at radius 2 is 1.96 bits per heavy atom. The Labute approximate surface area is 157 Å². The summed E-state index contributed by atoms with van der Waals surface area (Å²) in [4.78, 5) is 11.9. The first-order valence-corrected chi connectivity index (χ1v) is 9.63. The standard InChI is InChI=1S/C20H22N2O3S/c1-14-8-15(2)10-16(9-14)12-26-13-19(23)22-21-11-17-4-3-5-18-20(17)25-7-6-24-18/h3-5,8-11H,6-7,12-13H2,1-2H3,(H,22,23). The van der Waals surface area contributed by atoms with Crippen LogP contribution in [0.2, 0.25) is 0 Å². The van der Waals surface area contributed by atoms with E-state index in [1.165, 1.54) is 16.7 Å². The molecule has 3 rings (SSSR count). The number of carbonyl (C=O) groups is 1. The topological polar surface area (TPSA) is 59.9 Å². The van der Waals surface area contributed by atoms with E-state index in [1.54, 1.807) is 18.0 Å². The largest absolute Gasteiger partial charge is 0.486 e. The SMILES string of the molecule is Cc1cc(C)cc(CSCC(=O)NN=Cc2cccc3c2OCCO3)c1. The predicted molar refractivity (Wildman–Crippen MR) is 105 cm³/mol. The molecule has 0 saturated heterocycles. The lowest BCUT2D eigenvalue weighted by atomic mass is 10.1. The molecule has 2 aromatic rings. The van der Waals surface area contributed by atoms with Crippen molar-refractivity contribution in [2.75, 3.05) is 19.0 Å². The van der Waals surface area contributed by atoms with Gasteiger partial charge in [0.15, 0.2) is 11.5 Å². The Hall–Kier alpha value is -2.47. The zero-order valence-electron chi connectivity index (χ0n) is 15.0. The Bertz CT molecular complexity index is 800. The van der Waals surface area contributed by atoms with Crippen molar-refractivity contribution in [3.05, 3.63) is 58.7 Å². The first-order chi connectivity index (χ1) is 12.6. The van der Waals surface area contributed by atoms with Gasteiger partial charge in [0.25, 0.3) is 0 Å². The second-order valence-electron chi connectivity index (χ2n) is 6.15. The van der Waals surface area contributed by atoms with Gasteiger partial charge < -0.3 is 9.47 Å². The van der Waals surface area contributed by atoms with Gasteiger partial charge >= 0.3 is 0 Å². The van der Waals surface area contributed by atoms with E-state index in [0.29, 0.717) is 30.5 Å². The third-order valence-electron chi connectivity index (χ3n) is 3.77. The molecule has 0 radical (unpaired) electrons. The number of thioether (sulfide) groups is 1. The summed E-state index contributed by atoms with van der Waals surface area (Å²) in [5, 5.41) is 4.03. The number of rotatable bonds is 6. The number of para-hydroxylation sites is 1. The monoisotopic (exact) mass is 370 g/mol. The van der Waals surface area contributed by atoms with Gasteiger partial charge in [-0.25, -0.2) is 5.43 Å². The molecule has 0 fully saturated rings. The summed E-state index contributed by atoms with van der Waals surface area (Å²) in [7, 11) is 0. The van der Waals surface area contributed by atoms with E-state index in [1.807, 2.05) is 18.2 Å². The molecule has 0 atom stereocenters. The zero-order valence-corrected chi connectivity index (χ0v) is 15.8. The van der Waals surface area contributed by atoms with Crippen LogP contribution in [0, 0.1) is 13.8 Å². The molecule has 1 aliphatic heterocycles. The molecule has 1 heterocycles. The van der Waals surface area contributed by atoms with Crippen molar-refractivity contribution < 1.29 is 14.3 Å². The molecule has 1 N–H and O–H groups in total. The van der Waals surface area contributed by atoms with E-state index in [4.69, 9.17) is 9.47 Å².